The average molecular weight is 485 g/mol. The number of methoxy groups -OCH3 is 1. The molecule has 1 heterocycles. The highest BCUT2D eigenvalue weighted by atomic mass is 35.5. The molecule has 2 aromatic carbocycles. The van der Waals surface area contributed by atoms with Crippen molar-refractivity contribution in [1.29, 1.82) is 0 Å². The van der Waals surface area contributed by atoms with Crippen LogP contribution in [0, 0.1) is 0 Å². The number of ether oxygens (including phenoxy) is 2. The zero-order valence-corrected chi connectivity index (χ0v) is 20.3. The molecule has 7 nitrogen and oxygen atoms in total. The number of ketones is 1. The summed E-state index contributed by atoms with van der Waals surface area (Å²) in [6, 6.07) is 10.9. The normalized spacial score (nSPS) is 17.3. The third-order valence-electron chi connectivity index (χ3n) is 5.52. The molecule has 180 valence electrons. The van der Waals surface area contributed by atoms with E-state index >= 15 is 0 Å². The summed E-state index contributed by atoms with van der Waals surface area (Å²) in [5, 5.41) is 11.6. The molecule has 8 heteroatoms. The summed E-state index contributed by atoms with van der Waals surface area (Å²) in [5.74, 6) is -0.669. The molecule has 1 amide bonds. The smallest absolute Gasteiger partial charge is 0.295 e. The number of hydrogen-bond acceptors (Lipinski definition) is 6. The number of benzene rings is 2. The molecule has 0 bridgehead atoms. The van der Waals surface area contributed by atoms with Gasteiger partial charge in [0.25, 0.3) is 11.7 Å². The van der Waals surface area contributed by atoms with Crippen molar-refractivity contribution in [3.63, 3.8) is 0 Å². The highest BCUT2D eigenvalue weighted by Gasteiger charge is 2.46. The number of rotatable bonds is 10. The minimum absolute atomic E-state index is 0.0268. The molecule has 0 spiro atoms. The number of hydrogen-bond donors (Lipinski definition) is 1. The lowest BCUT2D eigenvalue weighted by Gasteiger charge is -2.26. The maximum atomic E-state index is 13.1. The largest absolute Gasteiger partial charge is 0.507 e. The van der Waals surface area contributed by atoms with E-state index in [2.05, 4.69) is 6.58 Å². The Bertz CT molecular complexity index is 1090. The van der Waals surface area contributed by atoms with Gasteiger partial charge in [-0.3, -0.25) is 9.59 Å². The standard InChI is InChI=1S/C26H29ClN2O5/c1-5-15-34-20-12-9-18(16-21(20)33-4)23-22(24(30)17-7-10-19(27)11-8-17)25(31)26(32)29(23)14-6-13-28(2)3/h5,7-12,16,23,30H,1,6,13-15H2,2-4H3/b24-22+. The Morgan fingerprint density at radius 1 is 1.18 bits per heavy atom. The number of amides is 1. The lowest BCUT2D eigenvalue weighted by molar-refractivity contribution is -0.139. The predicted molar refractivity (Wildman–Crippen MR) is 132 cm³/mol. The molecule has 34 heavy (non-hydrogen) atoms. The molecule has 1 fully saturated rings. The zero-order chi connectivity index (χ0) is 24.8. The fourth-order valence-electron chi connectivity index (χ4n) is 3.90. The van der Waals surface area contributed by atoms with E-state index < -0.39 is 17.7 Å². The van der Waals surface area contributed by atoms with Gasteiger partial charge in [0, 0.05) is 17.1 Å². The van der Waals surface area contributed by atoms with Crippen molar-refractivity contribution in [2.24, 2.45) is 0 Å². The lowest BCUT2D eigenvalue weighted by Crippen LogP contribution is -2.32. The Morgan fingerprint density at radius 3 is 2.50 bits per heavy atom. The summed E-state index contributed by atoms with van der Waals surface area (Å²) in [6.45, 7) is 5.04. The number of likely N-dealkylation sites (tertiary alicyclic amines) is 1. The number of aliphatic hydroxyl groups excluding tert-OH is 1. The van der Waals surface area contributed by atoms with Crippen LogP contribution in [0.25, 0.3) is 5.76 Å². The van der Waals surface area contributed by atoms with Crippen molar-refractivity contribution in [3.8, 4) is 11.5 Å². The van der Waals surface area contributed by atoms with Crippen LogP contribution >= 0.6 is 11.6 Å². The van der Waals surface area contributed by atoms with E-state index in [9.17, 15) is 14.7 Å². The van der Waals surface area contributed by atoms with Gasteiger partial charge in [-0.25, -0.2) is 0 Å². The fraction of sp³-hybridized carbons (Fsp3) is 0.308. The lowest BCUT2D eigenvalue weighted by atomic mass is 9.95. The molecule has 1 unspecified atom stereocenters. The Morgan fingerprint density at radius 2 is 1.88 bits per heavy atom. The number of Topliss-reactive ketones (excluding diaryl/α,β-unsaturated/α-hetero) is 1. The Labute approximate surface area is 204 Å². The molecule has 1 aliphatic rings. The molecular weight excluding hydrogens is 456 g/mol. The zero-order valence-electron chi connectivity index (χ0n) is 19.6. The van der Waals surface area contributed by atoms with Gasteiger partial charge in [0.2, 0.25) is 0 Å². The Hall–Kier alpha value is -3.29. The van der Waals surface area contributed by atoms with Crippen molar-refractivity contribution < 1.29 is 24.2 Å². The highest BCUT2D eigenvalue weighted by Crippen LogP contribution is 2.42. The second-order valence-corrected chi connectivity index (χ2v) is 8.60. The molecule has 0 aliphatic carbocycles. The van der Waals surface area contributed by atoms with E-state index in [0.29, 0.717) is 47.2 Å². The number of carbonyl (C=O) groups excluding carboxylic acids is 2. The first-order chi connectivity index (χ1) is 16.3. The van der Waals surface area contributed by atoms with Crippen LogP contribution in [0.5, 0.6) is 11.5 Å². The maximum Gasteiger partial charge on any atom is 0.295 e. The second kappa shape index (κ2) is 11.2. The number of aliphatic hydroxyl groups is 1. The number of carbonyl (C=O) groups is 2. The monoisotopic (exact) mass is 484 g/mol. The Kier molecular flexibility index (Phi) is 8.36. The van der Waals surface area contributed by atoms with E-state index in [1.165, 1.54) is 12.0 Å². The molecule has 1 atom stereocenters. The molecule has 0 saturated carbocycles. The molecule has 0 radical (unpaired) electrons. The van der Waals surface area contributed by atoms with E-state index in [1.807, 2.05) is 19.0 Å². The van der Waals surface area contributed by atoms with Gasteiger partial charge >= 0.3 is 0 Å². The van der Waals surface area contributed by atoms with E-state index in [0.717, 1.165) is 6.54 Å². The van der Waals surface area contributed by atoms with Crippen LogP contribution in [0.15, 0.2) is 60.7 Å². The van der Waals surface area contributed by atoms with Gasteiger partial charge in [-0.05, 0) is 69.0 Å². The minimum Gasteiger partial charge on any atom is -0.507 e. The van der Waals surface area contributed by atoms with Crippen molar-refractivity contribution in [2.45, 2.75) is 12.5 Å². The molecule has 3 rings (SSSR count). The van der Waals surface area contributed by atoms with Crippen LogP contribution < -0.4 is 9.47 Å². The van der Waals surface area contributed by atoms with Crippen molar-refractivity contribution in [1.82, 2.24) is 9.80 Å². The maximum absolute atomic E-state index is 13.1. The summed E-state index contributed by atoms with van der Waals surface area (Å²) in [7, 11) is 5.40. The minimum atomic E-state index is -0.778. The summed E-state index contributed by atoms with van der Waals surface area (Å²) in [6.07, 6.45) is 2.29. The summed E-state index contributed by atoms with van der Waals surface area (Å²) in [4.78, 5) is 29.7. The average Bonchev–Trinajstić information content (AvgIpc) is 3.07. The number of halogens is 1. The summed E-state index contributed by atoms with van der Waals surface area (Å²) in [5.41, 5.74) is 1.06. The van der Waals surface area contributed by atoms with Crippen LogP contribution in [0.1, 0.15) is 23.6 Å². The van der Waals surface area contributed by atoms with Gasteiger partial charge in [-0.1, -0.05) is 30.3 Å². The van der Waals surface area contributed by atoms with Crippen LogP contribution in [-0.4, -0.2) is 67.5 Å². The van der Waals surface area contributed by atoms with E-state index in [-0.39, 0.29) is 11.3 Å². The summed E-state index contributed by atoms with van der Waals surface area (Å²) < 4.78 is 11.1. The predicted octanol–water partition coefficient (Wildman–Crippen LogP) is 4.29. The first-order valence-electron chi connectivity index (χ1n) is 10.9. The van der Waals surface area contributed by atoms with Crippen LogP contribution in [-0.2, 0) is 9.59 Å². The van der Waals surface area contributed by atoms with Gasteiger partial charge in [0.1, 0.15) is 12.4 Å². The van der Waals surface area contributed by atoms with Gasteiger partial charge in [-0.15, -0.1) is 0 Å². The van der Waals surface area contributed by atoms with Crippen LogP contribution in [0.3, 0.4) is 0 Å². The Balaban J connectivity index is 2.11. The fourth-order valence-corrected chi connectivity index (χ4v) is 4.03. The van der Waals surface area contributed by atoms with Crippen molar-refractivity contribution in [3.05, 3.63) is 76.8 Å². The number of nitrogens with zero attached hydrogens (tertiary/aromatic N) is 2. The van der Waals surface area contributed by atoms with Crippen LogP contribution in [0.2, 0.25) is 5.02 Å². The molecule has 2 aromatic rings. The quantitative estimate of drug-likeness (QED) is 0.234. The van der Waals surface area contributed by atoms with E-state index in [4.69, 9.17) is 21.1 Å². The van der Waals surface area contributed by atoms with Gasteiger partial charge in [0.05, 0.1) is 18.7 Å². The van der Waals surface area contributed by atoms with Gasteiger partial charge in [0.15, 0.2) is 11.5 Å². The third-order valence-corrected chi connectivity index (χ3v) is 5.77. The topological polar surface area (TPSA) is 79.3 Å². The summed E-state index contributed by atoms with van der Waals surface area (Å²) >= 11 is 5.98. The van der Waals surface area contributed by atoms with Crippen molar-refractivity contribution in [2.75, 3.05) is 40.9 Å². The molecule has 1 saturated heterocycles. The SMILES string of the molecule is C=CCOc1ccc(C2/C(=C(\O)c3ccc(Cl)cc3)C(=O)C(=O)N2CCCN(C)C)cc1OC. The van der Waals surface area contributed by atoms with Gasteiger partial charge in [-0.2, -0.15) is 0 Å². The second-order valence-electron chi connectivity index (χ2n) is 8.17. The highest BCUT2D eigenvalue weighted by molar-refractivity contribution is 6.46. The first kappa shape index (κ1) is 25.3. The molecule has 0 aromatic heterocycles. The van der Waals surface area contributed by atoms with Crippen LogP contribution in [0.4, 0.5) is 0 Å². The first-order valence-corrected chi connectivity index (χ1v) is 11.3. The van der Waals surface area contributed by atoms with Gasteiger partial charge < -0.3 is 24.4 Å². The molecular formula is C26H29ClN2O5. The van der Waals surface area contributed by atoms with E-state index in [1.54, 1.807) is 48.5 Å². The third kappa shape index (κ3) is 5.43. The van der Waals surface area contributed by atoms with Crippen molar-refractivity contribution >= 4 is 29.1 Å². The molecule has 1 aliphatic heterocycles. The molecule has 1 N–H and O–H groups in total.